The topological polar surface area (TPSA) is 0 Å². The normalized spacial score (nSPS) is 12.2. The average molecular weight is 342 g/mol. The van der Waals surface area contributed by atoms with Gasteiger partial charge < -0.3 is 0 Å². The van der Waals surface area contributed by atoms with Crippen LogP contribution in [0, 0.1) is 6.07 Å². The van der Waals surface area contributed by atoms with E-state index in [0.717, 1.165) is 5.56 Å². The fourth-order valence-corrected chi connectivity index (χ4v) is 3.30. The standard InChI is InChI=1S/C26H29/c1-25(2,3)22-15-16-23(24(18-22)26(4,5)6)21-14-10-13-20(17-21)19-11-8-7-9-12-19/h7-13,15-18H,1-6H3. The van der Waals surface area contributed by atoms with Crippen molar-refractivity contribution in [1.82, 2.24) is 0 Å². The summed E-state index contributed by atoms with van der Waals surface area (Å²) in [6, 6.07) is 27.4. The Morgan fingerprint density at radius 2 is 1.35 bits per heavy atom. The highest BCUT2D eigenvalue weighted by Crippen LogP contribution is 2.37. The molecule has 3 aromatic rings. The van der Waals surface area contributed by atoms with Gasteiger partial charge in [0.05, 0.1) is 0 Å². The lowest BCUT2D eigenvalue weighted by atomic mass is 9.77. The Balaban J connectivity index is 2.15. The lowest BCUT2D eigenvalue weighted by Gasteiger charge is -2.27. The molecule has 0 amide bonds. The molecule has 26 heavy (non-hydrogen) atoms. The maximum atomic E-state index is 3.47. The summed E-state index contributed by atoms with van der Waals surface area (Å²) in [5.74, 6) is 0. The predicted molar refractivity (Wildman–Crippen MR) is 114 cm³/mol. The fraction of sp³-hybridized carbons (Fsp3) is 0.308. The molecule has 0 saturated carbocycles. The van der Waals surface area contributed by atoms with Crippen molar-refractivity contribution in [3.05, 3.63) is 83.9 Å². The number of hydrogen-bond acceptors (Lipinski definition) is 0. The van der Waals surface area contributed by atoms with E-state index in [-0.39, 0.29) is 10.8 Å². The van der Waals surface area contributed by atoms with Crippen LogP contribution in [0.2, 0.25) is 0 Å². The Morgan fingerprint density at radius 1 is 0.654 bits per heavy atom. The van der Waals surface area contributed by atoms with Crippen LogP contribution in [0.3, 0.4) is 0 Å². The summed E-state index contributed by atoms with van der Waals surface area (Å²) in [7, 11) is 0. The minimum absolute atomic E-state index is 0.0766. The van der Waals surface area contributed by atoms with Gasteiger partial charge >= 0.3 is 0 Å². The molecule has 0 nitrogen and oxygen atoms in total. The average Bonchev–Trinajstić information content (AvgIpc) is 2.60. The molecule has 0 bridgehead atoms. The van der Waals surface area contributed by atoms with Crippen LogP contribution in [-0.2, 0) is 10.8 Å². The summed E-state index contributed by atoms with van der Waals surface area (Å²) >= 11 is 0. The number of hydrogen-bond donors (Lipinski definition) is 0. The zero-order valence-electron chi connectivity index (χ0n) is 16.9. The second-order valence-electron chi connectivity index (χ2n) is 9.12. The fourth-order valence-electron chi connectivity index (χ4n) is 3.30. The zero-order chi connectivity index (χ0) is 18.9. The largest absolute Gasteiger partial charge is 0.0622 e. The second kappa shape index (κ2) is 6.76. The first-order chi connectivity index (χ1) is 12.2. The van der Waals surface area contributed by atoms with Gasteiger partial charge in [-0.3, -0.25) is 0 Å². The molecule has 0 unspecified atom stereocenters. The SMILES string of the molecule is CC(C)(C)c1ccc(-c2[c]ccc(-c3ccccc3)c2)c(C(C)(C)C)c1. The highest BCUT2D eigenvalue weighted by molar-refractivity contribution is 5.75. The maximum absolute atomic E-state index is 3.47. The molecule has 0 saturated heterocycles. The molecule has 1 radical (unpaired) electrons. The molecule has 0 atom stereocenters. The second-order valence-corrected chi connectivity index (χ2v) is 9.12. The molecule has 0 fully saturated rings. The van der Waals surface area contributed by atoms with Gasteiger partial charge in [0.15, 0.2) is 0 Å². The first-order valence-corrected chi connectivity index (χ1v) is 9.39. The molecule has 0 heterocycles. The Bertz CT molecular complexity index is 887. The van der Waals surface area contributed by atoms with Crippen molar-refractivity contribution >= 4 is 0 Å². The Hall–Kier alpha value is -2.34. The lowest BCUT2D eigenvalue weighted by molar-refractivity contribution is 0.570. The van der Waals surface area contributed by atoms with Crippen LogP contribution in [-0.4, -0.2) is 0 Å². The van der Waals surface area contributed by atoms with Crippen molar-refractivity contribution < 1.29 is 0 Å². The monoisotopic (exact) mass is 341 g/mol. The molecule has 3 rings (SSSR count). The summed E-state index contributed by atoms with van der Waals surface area (Å²) in [5, 5.41) is 0. The van der Waals surface area contributed by atoms with E-state index < -0.39 is 0 Å². The van der Waals surface area contributed by atoms with E-state index in [1.165, 1.54) is 27.8 Å². The molecule has 0 spiro atoms. The highest BCUT2D eigenvalue weighted by Gasteiger charge is 2.23. The molecule has 0 aliphatic rings. The first kappa shape index (κ1) is 18.5. The maximum Gasteiger partial charge on any atom is -0.00960 e. The molecule has 0 aromatic heterocycles. The van der Waals surface area contributed by atoms with E-state index in [1.807, 2.05) is 6.07 Å². The third-order valence-electron chi connectivity index (χ3n) is 4.89. The van der Waals surface area contributed by atoms with E-state index in [9.17, 15) is 0 Å². The summed E-state index contributed by atoms with van der Waals surface area (Å²) in [5.41, 5.74) is 7.91. The summed E-state index contributed by atoms with van der Waals surface area (Å²) in [4.78, 5) is 0. The van der Waals surface area contributed by atoms with Crippen molar-refractivity contribution in [2.45, 2.75) is 52.4 Å². The predicted octanol–water partition coefficient (Wildman–Crippen LogP) is 7.42. The van der Waals surface area contributed by atoms with E-state index in [1.54, 1.807) is 0 Å². The van der Waals surface area contributed by atoms with Crippen molar-refractivity contribution in [2.75, 3.05) is 0 Å². The quantitative estimate of drug-likeness (QED) is 0.455. The van der Waals surface area contributed by atoms with Gasteiger partial charge in [0.1, 0.15) is 0 Å². The van der Waals surface area contributed by atoms with Crippen LogP contribution in [0.5, 0.6) is 0 Å². The third-order valence-corrected chi connectivity index (χ3v) is 4.89. The molecule has 0 heteroatoms. The van der Waals surface area contributed by atoms with E-state index in [0.29, 0.717) is 0 Å². The molecule has 0 aliphatic carbocycles. The smallest absolute Gasteiger partial charge is 0.00960 e. The van der Waals surface area contributed by atoms with E-state index in [2.05, 4.69) is 108 Å². The van der Waals surface area contributed by atoms with Gasteiger partial charge in [0, 0.05) is 0 Å². The highest BCUT2D eigenvalue weighted by atomic mass is 14.3. The summed E-state index contributed by atoms with van der Waals surface area (Å²) in [6.45, 7) is 13.7. The van der Waals surface area contributed by atoms with Gasteiger partial charge in [0.25, 0.3) is 0 Å². The van der Waals surface area contributed by atoms with Crippen LogP contribution in [0.15, 0.2) is 66.7 Å². The van der Waals surface area contributed by atoms with Gasteiger partial charge in [-0.1, -0.05) is 102 Å². The van der Waals surface area contributed by atoms with Crippen molar-refractivity contribution in [3.8, 4) is 22.3 Å². The lowest BCUT2D eigenvalue weighted by Crippen LogP contribution is -2.17. The Labute approximate surface area is 158 Å². The summed E-state index contributed by atoms with van der Waals surface area (Å²) < 4.78 is 0. The first-order valence-electron chi connectivity index (χ1n) is 9.39. The van der Waals surface area contributed by atoms with Crippen molar-refractivity contribution in [2.24, 2.45) is 0 Å². The van der Waals surface area contributed by atoms with Crippen molar-refractivity contribution in [3.63, 3.8) is 0 Å². The molecular weight excluding hydrogens is 312 g/mol. The Kier molecular flexibility index (Phi) is 4.80. The van der Waals surface area contributed by atoms with Crippen LogP contribution in [0.4, 0.5) is 0 Å². The Morgan fingerprint density at radius 3 is 1.96 bits per heavy atom. The van der Waals surface area contributed by atoms with Crippen LogP contribution in [0.25, 0.3) is 22.3 Å². The molecule has 3 aromatic carbocycles. The molecule has 133 valence electrons. The summed E-state index contributed by atoms with van der Waals surface area (Å²) in [6.07, 6.45) is 0. The van der Waals surface area contributed by atoms with Crippen LogP contribution < -0.4 is 0 Å². The van der Waals surface area contributed by atoms with Gasteiger partial charge in [-0.05, 0) is 56.3 Å². The molecule has 0 aliphatic heterocycles. The molecule has 0 N–H and O–H groups in total. The molecular formula is C26H29. The minimum atomic E-state index is 0.0766. The third kappa shape index (κ3) is 3.90. The van der Waals surface area contributed by atoms with Gasteiger partial charge in [-0.15, -0.1) is 0 Å². The minimum Gasteiger partial charge on any atom is -0.0622 e. The van der Waals surface area contributed by atoms with E-state index in [4.69, 9.17) is 0 Å². The van der Waals surface area contributed by atoms with Crippen LogP contribution in [0.1, 0.15) is 52.7 Å². The van der Waals surface area contributed by atoms with Gasteiger partial charge in [-0.2, -0.15) is 0 Å². The number of benzene rings is 3. The van der Waals surface area contributed by atoms with Gasteiger partial charge in [-0.25, -0.2) is 0 Å². The van der Waals surface area contributed by atoms with Crippen molar-refractivity contribution in [1.29, 1.82) is 0 Å². The van der Waals surface area contributed by atoms with Crippen LogP contribution >= 0.6 is 0 Å². The van der Waals surface area contributed by atoms with E-state index >= 15 is 0 Å². The van der Waals surface area contributed by atoms with Gasteiger partial charge in [0.2, 0.25) is 0 Å². The number of rotatable bonds is 2. The zero-order valence-corrected chi connectivity index (χ0v) is 16.9.